The Morgan fingerprint density at radius 1 is 0.645 bits per heavy atom. The van der Waals surface area contributed by atoms with Gasteiger partial charge in [0.25, 0.3) is 5.09 Å². The van der Waals surface area contributed by atoms with Crippen LogP contribution in [0, 0.1) is 20.2 Å². The number of rotatable bonds is 21. The molecule has 1 atom stereocenters. The Labute approximate surface area is 189 Å². The number of hydrogen-bond acceptors (Lipinski definition) is 5. The standard InChI is InChI=1S/C23H47NO3.HNO3/c1-3-4-5-6-7-8-9-10-11-12-13-14-15-16-17-18-19-20-21-23(2,22-25)24(26)27;2-1(3)4/h25H,3-22H2,1-2H3;(H,2,3,4). The van der Waals surface area contributed by atoms with Gasteiger partial charge < -0.3 is 10.3 Å². The maximum atomic E-state index is 10.9. The Morgan fingerprint density at radius 3 is 1.13 bits per heavy atom. The van der Waals surface area contributed by atoms with Crippen molar-refractivity contribution in [2.45, 2.75) is 141 Å². The number of nitrogens with zero attached hydrogens (tertiary/aromatic N) is 2. The molecule has 186 valence electrons. The first-order chi connectivity index (χ1) is 14.8. The van der Waals surface area contributed by atoms with Crippen molar-refractivity contribution >= 4 is 0 Å². The molecule has 31 heavy (non-hydrogen) atoms. The van der Waals surface area contributed by atoms with E-state index in [2.05, 4.69) is 6.92 Å². The fraction of sp³-hybridized carbons (Fsp3) is 1.00. The molecule has 0 aromatic heterocycles. The predicted molar refractivity (Wildman–Crippen MR) is 125 cm³/mol. The molecule has 8 heteroatoms. The molecule has 2 N–H and O–H groups in total. The van der Waals surface area contributed by atoms with Crippen LogP contribution in [0.25, 0.3) is 0 Å². The molecular formula is C23H48N2O6. The van der Waals surface area contributed by atoms with E-state index < -0.39 is 10.6 Å². The molecule has 0 aliphatic heterocycles. The van der Waals surface area contributed by atoms with Crippen LogP contribution >= 0.6 is 0 Å². The van der Waals surface area contributed by atoms with E-state index in [-0.39, 0.29) is 11.5 Å². The fourth-order valence-corrected chi connectivity index (χ4v) is 3.64. The largest absolute Gasteiger partial charge is 0.389 e. The third kappa shape index (κ3) is 24.7. The van der Waals surface area contributed by atoms with Gasteiger partial charge >= 0.3 is 0 Å². The molecule has 0 amide bonds. The summed E-state index contributed by atoms with van der Waals surface area (Å²) in [5, 5.41) is 33.7. The van der Waals surface area contributed by atoms with Crippen molar-refractivity contribution in [2.24, 2.45) is 0 Å². The second-order valence-corrected chi connectivity index (χ2v) is 8.91. The van der Waals surface area contributed by atoms with E-state index in [1.807, 2.05) is 0 Å². The van der Waals surface area contributed by atoms with Crippen LogP contribution in [0.5, 0.6) is 0 Å². The minimum absolute atomic E-state index is 0.333. The van der Waals surface area contributed by atoms with Crippen LogP contribution in [0.3, 0.4) is 0 Å². The van der Waals surface area contributed by atoms with E-state index in [1.165, 1.54) is 96.3 Å². The first kappa shape index (κ1) is 31.7. The van der Waals surface area contributed by atoms with Crippen molar-refractivity contribution in [3.05, 3.63) is 20.2 Å². The Balaban J connectivity index is 0. The van der Waals surface area contributed by atoms with Gasteiger partial charge in [0.05, 0.1) is 0 Å². The van der Waals surface area contributed by atoms with Gasteiger partial charge in [-0.1, -0.05) is 116 Å². The molecule has 0 aromatic carbocycles. The lowest BCUT2D eigenvalue weighted by Gasteiger charge is -2.17. The zero-order valence-electron chi connectivity index (χ0n) is 20.1. The van der Waals surface area contributed by atoms with Crippen molar-refractivity contribution in [1.29, 1.82) is 0 Å². The first-order valence-corrected chi connectivity index (χ1v) is 12.4. The summed E-state index contributed by atoms with van der Waals surface area (Å²) in [5.41, 5.74) is -1.14. The molecule has 0 saturated heterocycles. The minimum Gasteiger partial charge on any atom is -0.389 e. The van der Waals surface area contributed by atoms with Crippen LogP contribution in [0.15, 0.2) is 0 Å². The lowest BCUT2D eigenvalue weighted by atomic mass is 9.95. The van der Waals surface area contributed by atoms with Crippen LogP contribution < -0.4 is 0 Å². The number of nitro groups is 1. The van der Waals surface area contributed by atoms with Crippen LogP contribution in [0.2, 0.25) is 0 Å². The Bertz CT molecular complexity index is 419. The molecule has 1 unspecified atom stereocenters. The third-order valence-electron chi connectivity index (χ3n) is 5.85. The first-order valence-electron chi connectivity index (χ1n) is 12.4. The second kappa shape index (κ2) is 23.2. The van der Waals surface area contributed by atoms with Gasteiger partial charge in [-0.3, -0.25) is 10.1 Å². The maximum absolute atomic E-state index is 10.9. The van der Waals surface area contributed by atoms with Gasteiger partial charge in [0.15, 0.2) is 0 Å². The number of aliphatic hydroxyl groups excluding tert-OH is 1. The Morgan fingerprint density at radius 2 is 0.903 bits per heavy atom. The van der Waals surface area contributed by atoms with Gasteiger partial charge in [-0.15, -0.1) is 10.1 Å². The minimum atomic E-state index is -1.50. The lowest BCUT2D eigenvalue weighted by molar-refractivity contribution is -0.742. The molecule has 0 radical (unpaired) electrons. The lowest BCUT2D eigenvalue weighted by Crippen LogP contribution is -2.38. The zero-order valence-corrected chi connectivity index (χ0v) is 20.1. The quantitative estimate of drug-likeness (QED) is 0.109. The predicted octanol–water partition coefficient (Wildman–Crippen LogP) is 7.10. The van der Waals surface area contributed by atoms with Crippen molar-refractivity contribution in [2.75, 3.05) is 6.61 Å². The second-order valence-electron chi connectivity index (χ2n) is 8.91. The van der Waals surface area contributed by atoms with Crippen LogP contribution in [0.1, 0.15) is 136 Å². The smallest absolute Gasteiger partial charge is 0.291 e. The number of hydrogen-bond donors (Lipinski definition) is 2. The normalized spacial score (nSPS) is 12.6. The highest BCUT2D eigenvalue weighted by molar-refractivity contribution is 4.72. The van der Waals surface area contributed by atoms with E-state index in [0.29, 0.717) is 6.42 Å². The van der Waals surface area contributed by atoms with E-state index >= 15 is 0 Å². The molecule has 0 bridgehead atoms. The number of unbranched alkanes of at least 4 members (excludes halogenated alkanes) is 17. The highest BCUT2D eigenvalue weighted by atomic mass is 16.9. The average molecular weight is 449 g/mol. The molecule has 0 spiro atoms. The summed E-state index contributed by atoms with van der Waals surface area (Å²) < 4.78 is 0. The molecule has 8 nitrogen and oxygen atoms in total. The van der Waals surface area contributed by atoms with Gasteiger partial charge in [0.2, 0.25) is 5.54 Å². The highest BCUT2D eigenvalue weighted by Crippen LogP contribution is 2.19. The summed E-state index contributed by atoms with van der Waals surface area (Å²) >= 11 is 0. The summed E-state index contributed by atoms with van der Waals surface area (Å²) in [6, 6.07) is 0. The van der Waals surface area contributed by atoms with Gasteiger partial charge in [-0.25, -0.2) is 0 Å². The molecule has 0 aromatic rings. The Kier molecular flexibility index (Phi) is 23.8. The van der Waals surface area contributed by atoms with E-state index in [0.717, 1.165) is 19.3 Å². The maximum Gasteiger partial charge on any atom is 0.291 e. The van der Waals surface area contributed by atoms with Crippen molar-refractivity contribution < 1.29 is 20.3 Å². The zero-order chi connectivity index (χ0) is 23.8. The molecule has 0 fully saturated rings. The van der Waals surface area contributed by atoms with Gasteiger partial charge in [-0.2, -0.15) is 0 Å². The number of aliphatic hydroxyl groups is 1. The average Bonchev–Trinajstić information content (AvgIpc) is 2.72. The van der Waals surface area contributed by atoms with E-state index in [1.54, 1.807) is 6.92 Å². The van der Waals surface area contributed by atoms with Crippen molar-refractivity contribution in [1.82, 2.24) is 0 Å². The molecule has 0 saturated carbocycles. The van der Waals surface area contributed by atoms with Gasteiger partial charge in [0.1, 0.15) is 6.61 Å². The molecule has 0 aliphatic rings. The monoisotopic (exact) mass is 448 g/mol. The van der Waals surface area contributed by atoms with Crippen LogP contribution in [-0.4, -0.2) is 32.5 Å². The molecule has 0 heterocycles. The van der Waals surface area contributed by atoms with Crippen LogP contribution in [0.4, 0.5) is 0 Å². The molecular weight excluding hydrogens is 400 g/mol. The van der Waals surface area contributed by atoms with Gasteiger partial charge in [-0.05, 0) is 6.42 Å². The SMILES string of the molecule is CCCCCCCCCCCCCCCCCCCCC(C)(CO)[N+](=O)[O-].O=[N+]([O-])O. The third-order valence-corrected chi connectivity index (χ3v) is 5.85. The molecule has 0 rings (SSSR count). The summed E-state index contributed by atoms with van der Waals surface area (Å²) in [6.07, 6.45) is 24.3. The van der Waals surface area contributed by atoms with E-state index in [4.69, 9.17) is 20.4 Å². The topological polar surface area (TPSA) is 127 Å². The summed E-state index contributed by atoms with van der Waals surface area (Å²) in [4.78, 5) is 18.9. The summed E-state index contributed by atoms with van der Waals surface area (Å²) in [6.45, 7) is 3.45. The van der Waals surface area contributed by atoms with Crippen LogP contribution in [-0.2, 0) is 0 Å². The van der Waals surface area contributed by atoms with Crippen molar-refractivity contribution in [3.8, 4) is 0 Å². The Hall–Kier alpha value is -1.44. The van der Waals surface area contributed by atoms with E-state index in [9.17, 15) is 10.1 Å². The fourth-order valence-electron chi connectivity index (χ4n) is 3.64. The highest BCUT2D eigenvalue weighted by Gasteiger charge is 2.35. The van der Waals surface area contributed by atoms with Gasteiger partial charge in [0, 0.05) is 18.3 Å². The summed E-state index contributed by atoms with van der Waals surface area (Å²) in [7, 11) is 0. The summed E-state index contributed by atoms with van der Waals surface area (Å²) in [5.74, 6) is 0. The molecule has 0 aliphatic carbocycles. The van der Waals surface area contributed by atoms with Crippen molar-refractivity contribution in [3.63, 3.8) is 0 Å².